The summed E-state index contributed by atoms with van der Waals surface area (Å²) < 4.78 is 16.0. The van der Waals surface area contributed by atoms with Gasteiger partial charge in [0.25, 0.3) is 5.91 Å². The van der Waals surface area contributed by atoms with Crippen LogP contribution in [0, 0.1) is 6.92 Å². The maximum Gasteiger partial charge on any atom is 0.254 e. The normalized spacial score (nSPS) is 13.8. The van der Waals surface area contributed by atoms with Crippen molar-refractivity contribution in [1.82, 2.24) is 14.9 Å². The molecule has 0 atom stereocenters. The molecule has 1 fully saturated rings. The Balaban J connectivity index is 1.57. The Morgan fingerprint density at radius 2 is 1.54 bits per heavy atom. The first-order valence-corrected chi connectivity index (χ1v) is 12.7. The van der Waals surface area contributed by atoms with E-state index in [0.29, 0.717) is 36.7 Å². The molecule has 0 aliphatic carbocycles. The summed E-state index contributed by atoms with van der Waals surface area (Å²) in [5.74, 6) is 3.76. The first-order valence-electron chi connectivity index (χ1n) is 12.7. The van der Waals surface area contributed by atoms with E-state index in [1.54, 1.807) is 39.5 Å². The summed E-state index contributed by atoms with van der Waals surface area (Å²) in [6.45, 7) is 6.87. The molecule has 1 aliphatic rings. The van der Waals surface area contributed by atoms with Gasteiger partial charge in [0.05, 0.1) is 21.3 Å². The molecule has 8 nitrogen and oxygen atoms in total. The molecule has 0 N–H and O–H groups in total. The van der Waals surface area contributed by atoms with Gasteiger partial charge < -0.3 is 24.0 Å². The largest absolute Gasteiger partial charge is 0.497 e. The van der Waals surface area contributed by atoms with Crippen LogP contribution in [0.25, 0.3) is 0 Å². The summed E-state index contributed by atoms with van der Waals surface area (Å²) >= 11 is 0. The summed E-state index contributed by atoms with van der Waals surface area (Å²) in [5, 5.41) is 0. The molecule has 37 heavy (non-hydrogen) atoms. The number of amides is 1. The fourth-order valence-electron chi connectivity index (χ4n) is 4.77. The van der Waals surface area contributed by atoms with Crippen molar-refractivity contribution in [2.45, 2.75) is 33.1 Å². The van der Waals surface area contributed by atoms with Gasteiger partial charge in [-0.1, -0.05) is 19.1 Å². The van der Waals surface area contributed by atoms with Gasteiger partial charge in [-0.15, -0.1) is 0 Å². The average molecular weight is 505 g/mol. The average Bonchev–Trinajstić information content (AvgIpc) is 3.19. The lowest BCUT2D eigenvalue weighted by Crippen LogP contribution is -2.36. The fourth-order valence-corrected chi connectivity index (χ4v) is 4.77. The number of ether oxygens (including phenoxy) is 3. The van der Waals surface area contributed by atoms with Gasteiger partial charge in [-0.2, -0.15) is 0 Å². The van der Waals surface area contributed by atoms with Crippen LogP contribution in [0.2, 0.25) is 0 Å². The number of hydrogen-bond donors (Lipinski definition) is 0. The van der Waals surface area contributed by atoms with Gasteiger partial charge in [0, 0.05) is 55.5 Å². The molecular formula is C29H36N4O4. The van der Waals surface area contributed by atoms with Crippen LogP contribution in [0.15, 0.2) is 42.5 Å². The van der Waals surface area contributed by atoms with Crippen molar-refractivity contribution in [3.8, 4) is 17.2 Å². The molecule has 0 saturated carbocycles. The quantitative estimate of drug-likeness (QED) is 0.452. The van der Waals surface area contributed by atoms with E-state index in [9.17, 15) is 4.79 Å². The molecule has 0 spiro atoms. The molecule has 0 bridgehead atoms. The van der Waals surface area contributed by atoms with Crippen molar-refractivity contribution in [2.75, 3.05) is 52.4 Å². The molecule has 2 aromatic carbocycles. The second-order valence-electron chi connectivity index (χ2n) is 9.13. The zero-order valence-electron chi connectivity index (χ0n) is 22.4. The van der Waals surface area contributed by atoms with E-state index in [4.69, 9.17) is 24.2 Å². The molecule has 196 valence electrons. The van der Waals surface area contributed by atoms with Crippen LogP contribution in [-0.2, 0) is 12.8 Å². The second kappa shape index (κ2) is 12.0. The molecule has 3 aromatic rings. The van der Waals surface area contributed by atoms with E-state index in [1.807, 2.05) is 24.0 Å². The van der Waals surface area contributed by atoms with E-state index < -0.39 is 0 Å². The molecule has 1 aromatic heterocycles. The van der Waals surface area contributed by atoms with Gasteiger partial charge >= 0.3 is 0 Å². The Morgan fingerprint density at radius 1 is 0.865 bits per heavy atom. The van der Waals surface area contributed by atoms with E-state index in [-0.39, 0.29) is 5.91 Å². The molecule has 1 amide bonds. The van der Waals surface area contributed by atoms with Crippen LogP contribution < -0.4 is 19.1 Å². The van der Waals surface area contributed by atoms with E-state index in [0.717, 1.165) is 54.5 Å². The maximum atomic E-state index is 13.4. The van der Waals surface area contributed by atoms with E-state index in [1.165, 1.54) is 5.56 Å². The molecule has 1 aliphatic heterocycles. The summed E-state index contributed by atoms with van der Waals surface area (Å²) in [5.41, 5.74) is 3.97. The number of aryl methyl sites for hydroxylation is 2. The zero-order valence-corrected chi connectivity index (χ0v) is 22.4. The minimum absolute atomic E-state index is 0.0226. The molecule has 8 heteroatoms. The number of carbonyl (C=O) groups is 1. The van der Waals surface area contributed by atoms with Crippen LogP contribution in [-0.4, -0.2) is 68.3 Å². The fraction of sp³-hybridized carbons (Fsp3) is 0.414. The molecule has 0 radical (unpaired) electrons. The summed E-state index contributed by atoms with van der Waals surface area (Å²) in [4.78, 5) is 27.3. The monoisotopic (exact) mass is 504 g/mol. The van der Waals surface area contributed by atoms with E-state index in [2.05, 4.69) is 24.0 Å². The van der Waals surface area contributed by atoms with Crippen LogP contribution in [0.3, 0.4) is 0 Å². The Morgan fingerprint density at radius 3 is 2.16 bits per heavy atom. The van der Waals surface area contributed by atoms with Crippen molar-refractivity contribution in [2.24, 2.45) is 0 Å². The van der Waals surface area contributed by atoms with Gasteiger partial charge in [0.1, 0.15) is 28.9 Å². The van der Waals surface area contributed by atoms with Crippen molar-refractivity contribution < 1.29 is 19.0 Å². The lowest BCUT2D eigenvalue weighted by atomic mass is 10.0. The minimum atomic E-state index is -0.0226. The van der Waals surface area contributed by atoms with Gasteiger partial charge in [-0.25, -0.2) is 9.97 Å². The topological polar surface area (TPSA) is 77.0 Å². The molecule has 2 heterocycles. The molecule has 1 saturated heterocycles. The summed E-state index contributed by atoms with van der Waals surface area (Å²) in [6, 6.07) is 13.5. The number of benzene rings is 2. The first kappa shape index (κ1) is 26.3. The number of nitrogens with zero attached hydrogens (tertiary/aromatic N) is 4. The van der Waals surface area contributed by atoms with Crippen LogP contribution >= 0.6 is 0 Å². The maximum absolute atomic E-state index is 13.4. The Bertz CT molecular complexity index is 1210. The number of carbonyl (C=O) groups excluding carboxylic acids is 1. The summed E-state index contributed by atoms with van der Waals surface area (Å²) in [6.07, 6.45) is 2.42. The molecular weight excluding hydrogens is 468 g/mol. The Kier molecular flexibility index (Phi) is 8.48. The van der Waals surface area contributed by atoms with Crippen LogP contribution in [0.4, 0.5) is 5.82 Å². The number of methoxy groups -OCH3 is 3. The third-order valence-electron chi connectivity index (χ3n) is 6.74. The highest BCUT2D eigenvalue weighted by atomic mass is 16.5. The highest BCUT2D eigenvalue weighted by Crippen LogP contribution is 2.28. The van der Waals surface area contributed by atoms with Gasteiger partial charge in [0.15, 0.2) is 0 Å². The number of aromatic nitrogens is 2. The van der Waals surface area contributed by atoms with Crippen LogP contribution in [0.5, 0.6) is 17.2 Å². The van der Waals surface area contributed by atoms with Gasteiger partial charge in [-0.3, -0.25) is 4.79 Å². The second-order valence-corrected chi connectivity index (χ2v) is 9.13. The number of hydrogen-bond acceptors (Lipinski definition) is 7. The van der Waals surface area contributed by atoms with E-state index >= 15 is 0 Å². The number of anilines is 1. The van der Waals surface area contributed by atoms with Crippen molar-refractivity contribution >= 4 is 11.7 Å². The summed E-state index contributed by atoms with van der Waals surface area (Å²) in [7, 11) is 4.85. The minimum Gasteiger partial charge on any atom is -0.497 e. The SMILES string of the molecule is CCc1nc(C)nc(N2CCCN(C(=O)c3cc(OC)cc(OC)c3)CC2)c1Cc1ccc(OC)cc1. The third-order valence-corrected chi connectivity index (χ3v) is 6.74. The Labute approximate surface area is 219 Å². The first-order chi connectivity index (χ1) is 17.9. The lowest BCUT2D eigenvalue weighted by Gasteiger charge is -2.26. The Hall–Kier alpha value is -3.81. The highest BCUT2D eigenvalue weighted by Gasteiger charge is 2.25. The highest BCUT2D eigenvalue weighted by molar-refractivity contribution is 5.95. The lowest BCUT2D eigenvalue weighted by molar-refractivity contribution is 0.0766. The smallest absolute Gasteiger partial charge is 0.254 e. The van der Waals surface area contributed by atoms with Crippen molar-refractivity contribution in [1.29, 1.82) is 0 Å². The third kappa shape index (κ3) is 6.13. The van der Waals surface area contributed by atoms with Crippen molar-refractivity contribution in [3.05, 3.63) is 70.7 Å². The van der Waals surface area contributed by atoms with Crippen molar-refractivity contribution in [3.63, 3.8) is 0 Å². The number of rotatable bonds is 8. The molecule has 4 rings (SSSR count). The zero-order chi connectivity index (χ0) is 26.4. The molecule has 0 unspecified atom stereocenters. The van der Waals surface area contributed by atoms with Gasteiger partial charge in [0.2, 0.25) is 0 Å². The van der Waals surface area contributed by atoms with Gasteiger partial charge in [-0.05, 0) is 49.6 Å². The predicted molar refractivity (Wildman–Crippen MR) is 144 cm³/mol. The van der Waals surface area contributed by atoms with Crippen LogP contribution in [0.1, 0.15) is 46.3 Å². The standard InChI is InChI=1S/C29H36N4O4/c1-6-27-26(16-21-8-10-23(35-3)11-9-21)28(31-20(2)30-27)32-12-7-13-33(15-14-32)29(34)22-17-24(36-4)19-25(18-22)37-5/h8-11,17-19H,6-7,12-16H2,1-5H3. The predicted octanol–water partition coefficient (Wildman–Crippen LogP) is 4.32.